The molecule has 0 aromatic heterocycles. The topological polar surface area (TPSA) is 72.5 Å². The number of carbonyl (C=O) groups excluding carboxylic acids is 1. The van der Waals surface area contributed by atoms with Crippen molar-refractivity contribution in [1.29, 1.82) is 0 Å². The Morgan fingerprint density at radius 3 is 2.58 bits per heavy atom. The fourth-order valence-corrected chi connectivity index (χ4v) is 2.39. The van der Waals surface area contributed by atoms with Crippen LogP contribution in [0.1, 0.15) is 49.9 Å². The van der Waals surface area contributed by atoms with Crippen molar-refractivity contribution in [1.82, 2.24) is 0 Å². The van der Waals surface area contributed by atoms with Gasteiger partial charge in [-0.15, -0.1) is 0 Å². The van der Waals surface area contributed by atoms with Crippen LogP contribution in [0.2, 0.25) is 0 Å². The summed E-state index contributed by atoms with van der Waals surface area (Å²) in [6, 6.07) is 4.39. The van der Waals surface area contributed by atoms with Crippen molar-refractivity contribution >= 4 is 11.7 Å². The lowest BCUT2D eigenvalue weighted by molar-refractivity contribution is 0.00952. The molecule has 104 valence electrons. The number of benzene rings is 1. The third kappa shape index (κ3) is 3.40. The first-order chi connectivity index (χ1) is 8.87. The van der Waals surface area contributed by atoms with E-state index in [-0.39, 0.29) is 23.5 Å². The molecule has 19 heavy (non-hydrogen) atoms. The standard InChI is InChI=1S/C15H21NO3/c1-15(2)7-5-11(6-8-15)19-14(18)10-3-4-13(17)12(16)9-10/h3-4,9,11,17H,5-8,16H2,1-2H3. The van der Waals surface area contributed by atoms with Gasteiger partial charge in [-0.05, 0) is 49.3 Å². The summed E-state index contributed by atoms with van der Waals surface area (Å²) in [6.45, 7) is 4.48. The van der Waals surface area contributed by atoms with Crippen molar-refractivity contribution < 1.29 is 14.6 Å². The quantitative estimate of drug-likeness (QED) is 0.488. The number of esters is 1. The van der Waals surface area contributed by atoms with Crippen LogP contribution in [0.4, 0.5) is 5.69 Å². The Hall–Kier alpha value is -1.71. The van der Waals surface area contributed by atoms with Crippen LogP contribution >= 0.6 is 0 Å². The van der Waals surface area contributed by atoms with E-state index >= 15 is 0 Å². The van der Waals surface area contributed by atoms with Gasteiger partial charge in [0.2, 0.25) is 0 Å². The number of nitrogens with two attached hydrogens (primary N) is 1. The summed E-state index contributed by atoms with van der Waals surface area (Å²) in [4.78, 5) is 12.0. The second kappa shape index (κ2) is 5.11. The molecule has 0 spiro atoms. The lowest BCUT2D eigenvalue weighted by Crippen LogP contribution is -2.28. The van der Waals surface area contributed by atoms with Crippen molar-refractivity contribution in [3.8, 4) is 5.75 Å². The first-order valence-electron chi connectivity index (χ1n) is 6.67. The maximum absolute atomic E-state index is 12.0. The van der Waals surface area contributed by atoms with Crippen molar-refractivity contribution in [2.45, 2.75) is 45.6 Å². The van der Waals surface area contributed by atoms with Gasteiger partial charge in [0, 0.05) is 0 Å². The molecular formula is C15H21NO3. The van der Waals surface area contributed by atoms with Gasteiger partial charge in [0.1, 0.15) is 11.9 Å². The predicted molar refractivity (Wildman–Crippen MR) is 74.0 cm³/mol. The highest BCUT2D eigenvalue weighted by Crippen LogP contribution is 2.36. The van der Waals surface area contributed by atoms with Crippen LogP contribution in [0, 0.1) is 5.41 Å². The van der Waals surface area contributed by atoms with E-state index in [0.717, 1.165) is 25.7 Å². The molecule has 1 fully saturated rings. The number of aromatic hydroxyl groups is 1. The van der Waals surface area contributed by atoms with E-state index in [0.29, 0.717) is 11.0 Å². The number of phenolic OH excluding ortho intramolecular Hbond substituents is 1. The zero-order valence-corrected chi connectivity index (χ0v) is 11.5. The normalized spacial score (nSPS) is 19.1. The van der Waals surface area contributed by atoms with E-state index in [1.165, 1.54) is 18.2 Å². The molecule has 4 heteroatoms. The molecule has 0 amide bonds. The van der Waals surface area contributed by atoms with Crippen LogP contribution in [-0.4, -0.2) is 17.2 Å². The lowest BCUT2D eigenvalue weighted by Gasteiger charge is -2.33. The Balaban J connectivity index is 1.96. The molecule has 4 nitrogen and oxygen atoms in total. The molecule has 0 atom stereocenters. The number of phenols is 1. The summed E-state index contributed by atoms with van der Waals surface area (Å²) in [5.74, 6) is -0.382. The number of hydrogen-bond donors (Lipinski definition) is 2. The third-order valence-corrected chi connectivity index (χ3v) is 3.82. The first kappa shape index (κ1) is 13.7. The monoisotopic (exact) mass is 263 g/mol. The Morgan fingerprint density at radius 1 is 1.37 bits per heavy atom. The number of ether oxygens (including phenoxy) is 1. The summed E-state index contributed by atoms with van der Waals surface area (Å²) >= 11 is 0. The maximum atomic E-state index is 12.0. The highest BCUT2D eigenvalue weighted by Gasteiger charge is 2.29. The zero-order valence-electron chi connectivity index (χ0n) is 11.5. The van der Waals surface area contributed by atoms with Gasteiger partial charge in [-0.3, -0.25) is 0 Å². The molecular weight excluding hydrogens is 242 g/mol. The summed E-state index contributed by atoms with van der Waals surface area (Å²) in [6.07, 6.45) is 3.96. The molecule has 0 saturated heterocycles. The molecule has 1 aliphatic rings. The summed E-state index contributed by atoms with van der Waals surface area (Å²) in [5, 5.41) is 9.33. The van der Waals surface area contributed by atoms with E-state index in [2.05, 4.69) is 13.8 Å². The van der Waals surface area contributed by atoms with Crippen LogP contribution in [0.5, 0.6) is 5.75 Å². The zero-order chi connectivity index (χ0) is 14.0. The lowest BCUT2D eigenvalue weighted by atomic mass is 9.76. The highest BCUT2D eigenvalue weighted by atomic mass is 16.5. The van der Waals surface area contributed by atoms with Crippen LogP contribution < -0.4 is 5.73 Å². The average Bonchev–Trinajstić information content (AvgIpc) is 2.35. The van der Waals surface area contributed by atoms with Crippen LogP contribution in [0.3, 0.4) is 0 Å². The average molecular weight is 263 g/mol. The largest absolute Gasteiger partial charge is 0.506 e. The minimum atomic E-state index is -0.364. The van der Waals surface area contributed by atoms with E-state index in [9.17, 15) is 9.90 Å². The second-order valence-electron chi connectivity index (χ2n) is 6.04. The maximum Gasteiger partial charge on any atom is 0.338 e. The first-order valence-corrected chi connectivity index (χ1v) is 6.67. The second-order valence-corrected chi connectivity index (χ2v) is 6.04. The van der Waals surface area contributed by atoms with E-state index in [4.69, 9.17) is 10.5 Å². The Labute approximate surface area is 113 Å². The Kier molecular flexibility index (Phi) is 3.69. The minimum absolute atomic E-state index is 0.00412. The van der Waals surface area contributed by atoms with Crippen molar-refractivity contribution in [3.05, 3.63) is 23.8 Å². The molecule has 2 rings (SSSR count). The number of anilines is 1. The predicted octanol–water partition coefficient (Wildman–Crippen LogP) is 3.10. The van der Waals surface area contributed by atoms with Crippen LogP contribution in [-0.2, 0) is 4.74 Å². The SMILES string of the molecule is CC1(C)CCC(OC(=O)c2ccc(O)c(N)c2)CC1. The van der Waals surface area contributed by atoms with Gasteiger partial charge in [0.05, 0.1) is 11.3 Å². The van der Waals surface area contributed by atoms with Gasteiger partial charge in [0.25, 0.3) is 0 Å². The fourth-order valence-electron chi connectivity index (χ4n) is 2.39. The molecule has 1 aromatic rings. The van der Waals surface area contributed by atoms with Crippen molar-refractivity contribution in [2.24, 2.45) is 5.41 Å². The number of nitrogen functional groups attached to an aromatic ring is 1. The number of carbonyl (C=O) groups is 1. The smallest absolute Gasteiger partial charge is 0.338 e. The highest BCUT2D eigenvalue weighted by molar-refractivity contribution is 5.91. The van der Waals surface area contributed by atoms with Gasteiger partial charge < -0.3 is 15.6 Å². The molecule has 1 aromatic carbocycles. The van der Waals surface area contributed by atoms with Gasteiger partial charge in [0.15, 0.2) is 0 Å². The minimum Gasteiger partial charge on any atom is -0.506 e. The molecule has 3 N–H and O–H groups in total. The van der Waals surface area contributed by atoms with Gasteiger partial charge in [-0.1, -0.05) is 13.8 Å². The van der Waals surface area contributed by atoms with Crippen molar-refractivity contribution in [2.75, 3.05) is 5.73 Å². The Bertz CT molecular complexity index is 472. The molecule has 0 radical (unpaired) electrons. The Morgan fingerprint density at radius 2 is 2.00 bits per heavy atom. The van der Waals surface area contributed by atoms with Crippen molar-refractivity contribution in [3.63, 3.8) is 0 Å². The molecule has 1 saturated carbocycles. The van der Waals surface area contributed by atoms with Gasteiger partial charge >= 0.3 is 5.97 Å². The fraction of sp³-hybridized carbons (Fsp3) is 0.533. The van der Waals surface area contributed by atoms with Crippen LogP contribution in [0.15, 0.2) is 18.2 Å². The summed E-state index contributed by atoms with van der Waals surface area (Å²) < 4.78 is 5.49. The molecule has 0 aliphatic heterocycles. The number of rotatable bonds is 2. The van der Waals surface area contributed by atoms with E-state index in [1.54, 1.807) is 0 Å². The molecule has 0 unspecified atom stereocenters. The van der Waals surface area contributed by atoms with Gasteiger partial charge in [-0.2, -0.15) is 0 Å². The number of hydrogen-bond acceptors (Lipinski definition) is 4. The van der Waals surface area contributed by atoms with E-state index in [1.807, 2.05) is 0 Å². The summed E-state index contributed by atoms with van der Waals surface area (Å²) in [5.41, 5.74) is 6.51. The molecule has 1 aliphatic carbocycles. The molecule has 0 heterocycles. The third-order valence-electron chi connectivity index (χ3n) is 3.82. The summed E-state index contributed by atoms with van der Waals surface area (Å²) in [7, 11) is 0. The molecule has 0 bridgehead atoms. The van der Waals surface area contributed by atoms with Gasteiger partial charge in [-0.25, -0.2) is 4.79 Å². The van der Waals surface area contributed by atoms with E-state index < -0.39 is 0 Å². The van der Waals surface area contributed by atoms with Crippen LogP contribution in [0.25, 0.3) is 0 Å².